The lowest BCUT2D eigenvalue weighted by Gasteiger charge is -2.10. The Kier molecular flexibility index (Phi) is 7.18. The summed E-state index contributed by atoms with van der Waals surface area (Å²) in [7, 11) is 0. The average molecular weight is 494 g/mol. The van der Waals surface area contributed by atoms with Crippen molar-refractivity contribution >= 4 is 28.7 Å². The molecule has 0 unspecified atom stereocenters. The van der Waals surface area contributed by atoms with Gasteiger partial charge in [-0.1, -0.05) is 19.4 Å². The number of H-pyrrole nitrogens is 1. The number of imidazole rings is 1. The first-order valence-electron chi connectivity index (χ1n) is 11.7. The summed E-state index contributed by atoms with van der Waals surface area (Å²) >= 11 is 0. The van der Waals surface area contributed by atoms with E-state index in [0.717, 1.165) is 18.4 Å². The first kappa shape index (κ1) is 24.7. The van der Waals surface area contributed by atoms with E-state index in [0.29, 0.717) is 24.6 Å². The third-order valence-electron chi connectivity index (χ3n) is 5.81. The summed E-state index contributed by atoms with van der Waals surface area (Å²) in [6, 6.07) is 7.96. The number of fused-ring (bicyclic) bond motifs is 1. The second-order valence-corrected chi connectivity index (χ2v) is 8.25. The summed E-state index contributed by atoms with van der Waals surface area (Å²) < 4.78 is 13.7. The summed E-state index contributed by atoms with van der Waals surface area (Å²) in [5, 5.41) is 2.72. The van der Waals surface area contributed by atoms with E-state index >= 15 is 0 Å². The molecule has 0 fully saturated rings. The van der Waals surface area contributed by atoms with Gasteiger partial charge in [0, 0.05) is 18.8 Å². The third kappa shape index (κ3) is 4.85. The van der Waals surface area contributed by atoms with E-state index in [9.17, 15) is 19.2 Å². The lowest BCUT2D eigenvalue weighted by Crippen LogP contribution is -2.31. The zero-order valence-electron chi connectivity index (χ0n) is 20.3. The normalized spacial score (nSPS) is 11.1. The molecule has 0 spiro atoms. The van der Waals surface area contributed by atoms with Crippen molar-refractivity contribution in [3.8, 4) is 0 Å². The minimum atomic E-state index is -0.629. The van der Waals surface area contributed by atoms with E-state index in [1.807, 2.05) is 13.8 Å². The third-order valence-corrected chi connectivity index (χ3v) is 5.81. The minimum Gasteiger partial charge on any atom is -0.459 e. The van der Waals surface area contributed by atoms with Gasteiger partial charge in [-0.3, -0.25) is 19.1 Å². The maximum absolute atomic E-state index is 12.8. The second-order valence-electron chi connectivity index (χ2n) is 8.25. The van der Waals surface area contributed by atoms with Gasteiger partial charge in [-0.2, -0.15) is 0 Å². The number of unbranched alkanes of at least 4 members (excludes halogenated alkanes) is 1. The van der Waals surface area contributed by atoms with Gasteiger partial charge < -0.3 is 19.0 Å². The van der Waals surface area contributed by atoms with Crippen LogP contribution in [0.3, 0.4) is 0 Å². The van der Waals surface area contributed by atoms with Gasteiger partial charge in [-0.05, 0) is 50.1 Å². The number of benzene rings is 1. The molecule has 3 heterocycles. The number of carbonyl (C=O) groups excluding carboxylic acids is 2. The molecule has 0 aliphatic carbocycles. The predicted molar refractivity (Wildman–Crippen MR) is 132 cm³/mol. The Hall–Kier alpha value is -4.41. The Labute approximate surface area is 205 Å². The van der Waals surface area contributed by atoms with E-state index in [1.54, 1.807) is 29.7 Å². The van der Waals surface area contributed by atoms with Crippen molar-refractivity contribution in [1.82, 2.24) is 19.1 Å². The van der Waals surface area contributed by atoms with Crippen molar-refractivity contribution in [2.24, 2.45) is 0 Å². The molecule has 0 aliphatic heterocycles. The molecule has 2 N–H and O–H groups in total. The summed E-state index contributed by atoms with van der Waals surface area (Å²) in [4.78, 5) is 56.9. The molecular weight excluding hydrogens is 466 g/mol. The molecule has 1 aromatic carbocycles. The number of amides is 1. The summed E-state index contributed by atoms with van der Waals surface area (Å²) in [5.74, 6) is -0.575. The van der Waals surface area contributed by atoms with Gasteiger partial charge >= 0.3 is 11.7 Å². The number of rotatable bonds is 9. The number of nitrogens with zero attached hydrogens (tertiary/aromatic N) is 3. The number of hydrogen-bond acceptors (Lipinski definition) is 7. The Morgan fingerprint density at radius 3 is 2.67 bits per heavy atom. The van der Waals surface area contributed by atoms with Crippen LogP contribution in [-0.2, 0) is 24.4 Å². The lowest BCUT2D eigenvalue weighted by molar-refractivity contribution is 0.0458. The van der Waals surface area contributed by atoms with Crippen molar-refractivity contribution < 1.29 is 18.7 Å². The molecule has 0 aliphatic rings. The maximum atomic E-state index is 12.8. The zero-order valence-corrected chi connectivity index (χ0v) is 20.3. The molecular formula is C25H27N5O6. The van der Waals surface area contributed by atoms with Gasteiger partial charge in [0.05, 0.1) is 11.8 Å². The fraction of sp³-hybridized carbons (Fsp3) is 0.320. The second kappa shape index (κ2) is 10.5. The minimum absolute atomic E-state index is 0.147. The van der Waals surface area contributed by atoms with Crippen LogP contribution < -0.4 is 16.6 Å². The number of carbonyl (C=O) groups is 2. The summed E-state index contributed by atoms with van der Waals surface area (Å²) in [5.41, 5.74) is 0.897. The van der Waals surface area contributed by atoms with Gasteiger partial charge in [0.25, 0.3) is 11.5 Å². The highest BCUT2D eigenvalue weighted by molar-refractivity contribution is 6.03. The summed E-state index contributed by atoms with van der Waals surface area (Å²) in [6.07, 6.45) is 3.01. The number of hydrogen-bond donors (Lipinski definition) is 2. The van der Waals surface area contributed by atoms with Crippen molar-refractivity contribution in [2.45, 2.75) is 53.3 Å². The summed E-state index contributed by atoms with van der Waals surface area (Å²) in [6.45, 7) is 6.24. The molecule has 0 radical (unpaired) electrons. The molecule has 4 aromatic rings. The van der Waals surface area contributed by atoms with Gasteiger partial charge in [-0.15, -0.1) is 0 Å². The predicted octanol–water partition coefficient (Wildman–Crippen LogP) is 3.22. The molecule has 1 amide bonds. The van der Waals surface area contributed by atoms with Crippen LogP contribution in [0.25, 0.3) is 11.2 Å². The van der Waals surface area contributed by atoms with Crippen molar-refractivity contribution in [3.05, 3.63) is 80.1 Å². The average Bonchev–Trinajstić information content (AvgIpc) is 3.52. The van der Waals surface area contributed by atoms with Gasteiger partial charge in [-0.25, -0.2) is 14.6 Å². The van der Waals surface area contributed by atoms with Gasteiger partial charge in [0.2, 0.25) is 0 Å². The number of nitrogens with one attached hydrogen (secondary N) is 2. The van der Waals surface area contributed by atoms with Crippen LogP contribution in [0.2, 0.25) is 0 Å². The molecule has 11 heteroatoms. The van der Waals surface area contributed by atoms with Crippen LogP contribution in [0.4, 0.5) is 5.69 Å². The molecule has 0 atom stereocenters. The maximum Gasteiger partial charge on any atom is 0.338 e. The Morgan fingerprint density at radius 1 is 1.17 bits per heavy atom. The Bertz CT molecular complexity index is 1530. The molecule has 11 nitrogen and oxygen atoms in total. The standard InChI is InChI=1S/C25H27N5O6/c1-4-6-11-30-21-20(23(32)28-25(30)34)29(5-2)19(27-21)14-36-24(33)16-10-9-15(3)17(13-16)26-22(31)18-8-7-12-35-18/h7-10,12-13H,4-6,11,14H2,1-3H3,(H,26,31)(H,28,32,34). The fourth-order valence-corrected chi connectivity index (χ4v) is 3.88. The van der Waals surface area contributed by atoms with Crippen LogP contribution in [0.1, 0.15) is 59.0 Å². The molecule has 36 heavy (non-hydrogen) atoms. The number of aryl methyl sites for hydroxylation is 3. The molecule has 0 saturated heterocycles. The van der Waals surface area contributed by atoms with Gasteiger partial charge in [0.1, 0.15) is 12.4 Å². The highest BCUT2D eigenvalue weighted by atomic mass is 16.5. The monoisotopic (exact) mass is 493 g/mol. The van der Waals surface area contributed by atoms with E-state index in [-0.39, 0.29) is 29.1 Å². The molecule has 0 bridgehead atoms. The smallest absolute Gasteiger partial charge is 0.338 e. The highest BCUT2D eigenvalue weighted by Crippen LogP contribution is 2.20. The largest absolute Gasteiger partial charge is 0.459 e. The SMILES string of the molecule is CCCCn1c(=O)[nH]c(=O)c2c1nc(COC(=O)c1ccc(C)c(NC(=O)c3ccco3)c1)n2CC. The molecule has 4 rings (SSSR count). The first-order chi connectivity index (χ1) is 17.3. The Balaban J connectivity index is 1.57. The van der Waals surface area contributed by atoms with Gasteiger partial charge in [0.15, 0.2) is 16.9 Å². The Morgan fingerprint density at radius 2 is 1.97 bits per heavy atom. The molecule has 0 saturated carbocycles. The van der Waals surface area contributed by atoms with Crippen molar-refractivity contribution in [3.63, 3.8) is 0 Å². The quantitative estimate of drug-likeness (QED) is 0.341. The number of esters is 1. The number of ether oxygens (including phenoxy) is 1. The van der Waals surface area contributed by atoms with Crippen LogP contribution >= 0.6 is 0 Å². The van der Waals surface area contributed by atoms with Crippen LogP contribution in [-0.4, -0.2) is 31.0 Å². The lowest BCUT2D eigenvalue weighted by atomic mass is 10.1. The zero-order chi connectivity index (χ0) is 25.8. The van der Waals surface area contributed by atoms with E-state index in [4.69, 9.17) is 9.15 Å². The number of aromatic nitrogens is 4. The topological polar surface area (TPSA) is 141 Å². The molecule has 3 aromatic heterocycles. The first-order valence-corrected chi connectivity index (χ1v) is 11.7. The van der Waals surface area contributed by atoms with Crippen LogP contribution in [0.5, 0.6) is 0 Å². The van der Waals surface area contributed by atoms with E-state index in [1.165, 1.54) is 23.0 Å². The van der Waals surface area contributed by atoms with E-state index < -0.39 is 23.1 Å². The number of aromatic amines is 1. The van der Waals surface area contributed by atoms with Crippen LogP contribution in [0.15, 0.2) is 50.6 Å². The molecule has 188 valence electrons. The number of anilines is 1. The number of furan rings is 1. The van der Waals surface area contributed by atoms with Crippen molar-refractivity contribution in [2.75, 3.05) is 5.32 Å². The van der Waals surface area contributed by atoms with Crippen molar-refractivity contribution in [1.29, 1.82) is 0 Å². The fourth-order valence-electron chi connectivity index (χ4n) is 3.88. The highest BCUT2D eigenvalue weighted by Gasteiger charge is 2.20. The van der Waals surface area contributed by atoms with E-state index in [2.05, 4.69) is 15.3 Å². The van der Waals surface area contributed by atoms with Crippen LogP contribution in [0, 0.1) is 6.92 Å².